The number of carbonyl (C=O) groups excluding carboxylic acids is 2. The van der Waals surface area contributed by atoms with Gasteiger partial charge in [-0.3, -0.25) is 4.79 Å². The van der Waals surface area contributed by atoms with Gasteiger partial charge in [-0.05, 0) is 62.2 Å². The number of ether oxygens (including phenoxy) is 2. The Morgan fingerprint density at radius 2 is 1.74 bits per heavy atom. The van der Waals surface area contributed by atoms with Gasteiger partial charge in [0, 0.05) is 18.8 Å². The fourth-order valence-electron chi connectivity index (χ4n) is 3.25. The van der Waals surface area contributed by atoms with Crippen molar-refractivity contribution in [2.75, 3.05) is 31.6 Å². The van der Waals surface area contributed by atoms with Gasteiger partial charge in [0.1, 0.15) is 5.75 Å². The Hall–Kier alpha value is -2.91. The summed E-state index contributed by atoms with van der Waals surface area (Å²) in [6.45, 7) is 2.88. The van der Waals surface area contributed by atoms with Gasteiger partial charge in [0.25, 0.3) is 5.91 Å². The van der Waals surface area contributed by atoms with Crippen LogP contribution < -0.4 is 10.1 Å². The van der Waals surface area contributed by atoms with Crippen LogP contribution in [0.25, 0.3) is 0 Å². The first-order chi connectivity index (χ1) is 14.9. The minimum atomic E-state index is -3.66. The molecule has 2 aromatic carbocycles. The molecule has 0 spiro atoms. The molecule has 0 atom stereocenters. The average molecular weight is 447 g/mol. The van der Waals surface area contributed by atoms with Crippen molar-refractivity contribution in [2.24, 2.45) is 0 Å². The Kier molecular flexibility index (Phi) is 7.64. The highest BCUT2D eigenvalue weighted by Gasteiger charge is 2.26. The fraction of sp³-hybridized carbons (Fsp3) is 0.364. The summed E-state index contributed by atoms with van der Waals surface area (Å²) in [7, 11) is -3.66. The fourth-order valence-corrected chi connectivity index (χ4v) is 4.81. The van der Waals surface area contributed by atoms with Gasteiger partial charge in [0.05, 0.1) is 17.1 Å². The molecule has 0 aliphatic carbocycles. The highest BCUT2D eigenvalue weighted by molar-refractivity contribution is 7.89. The van der Waals surface area contributed by atoms with E-state index in [1.54, 1.807) is 24.3 Å². The molecule has 0 saturated carbocycles. The quantitative estimate of drug-likeness (QED) is 0.626. The standard InChI is InChI=1S/C22H26N2O6S/c1-2-29-19-11-9-18(10-12-19)23-21(25)16-30-22(26)17-7-6-8-20(15-17)31(27,28)24-13-4-3-5-14-24/h6-12,15H,2-5,13-14,16H2,1H3,(H,23,25). The molecule has 1 aliphatic heterocycles. The lowest BCUT2D eigenvalue weighted by atomic mass is 10.2. The summed E-state index contributed by atoms with van der Waals surface area (Å²) in [5, 5.41) is 2.62. The number of hydrogen-bond donors (Lipinski definition) is 1. The summed E-state index contributed by atoms with van der Waals surface area (Å²) in [6.07, 6.45) is 2.66. The zero-order chi connectivity index (χ0) is 22.3. The van der Waals surface area contributed by atoms with Gasteiger partial charge in [0.15, 0.2) is 6.61 Å². The summed E-state index contributed by atoms with van der Waals surface area (Å²) in [4.78, 5) is 24.5. The highest BCUT2D eigenvalue weighted by Crippen LogP contribution is 2.21. The van der Waals surface area contributed by atoms with Crippen LogP contribution in [0, 0.1) is 0 Å². The number of esters is 1. The lowest BCUT2D eigenvalue weighted by Gasteiger charge is -2.25. The van der Waals surface area contributed by atoms with Crippen LogP contribution >= 0.6 is 0 Å². The predicted molar refractivity (Wildman–Crippen MR) is 116 cm³/mol. The molecular weight excluding hydrogens is 420 g/mol. The number of anilines is 1. The number of carbonyl (C=O) groups is 2. The third kappa shape index (κ3) is 6.05. The zero-order valence-corrected chi connectivity index (χ0v) is 18.2. The number of sulfonamides is 1. The molecular formula is C22H26N2O6S. The molecule has 1 fully saturated rings. The Labute approximate surface area is 182 Å². The lowest BCUT2D eigenvalue weighted by molar-refractivity contribution is -0.119. The molecule has 0 aromatic heterocycles. The first-order valence-electron chi connectivity index (χ1n) is 10.2. The second-order valence-electron chi connectivity index (χ2n) is 7.07. The summed E-state index contributed by atoms with van der Waals surface area (Å²) >= 11 is 0. The number of rotatable bonds is 8. The van der Waals surface area contributed by atoms with E-state index in [0.717, 1.165) is 19.3 Å². The normalized spacial score (nSPS) is 14.6. The van der Waals surface area contributed by atoms with Crippen LogP contribution in [0.15, 0.2) is 53.4 Å². The van der Waals surface area contributed by atoms with Crippen molar-refractivity contribution >= 4 is 27.6 Å². The van der Waals surface area contributed by atoms with Crippen molar-refractivity contribution in [3.8, 4) is 5.75 Å². The summed E-state index contributed by atoms with van der Waals surface area (Å²) in [6, 6.07) is 12.5. The maximum atomic E-state index is 12.8. The molecule has 1 heterocycles. The van der Waals surface area contributed by atoms with Crippen molar-refractivity contribution in [3.63, 3.8) is 0 Å². The smallest absolute Gasteiger partial charge is 0.338 e. The van der Waals surface area contributed by atoms with Crippen LogP contribution in [0.2, 0.25) is 0 Å². The van der Waals surface area contributed by atoms with Crippen LogP contribution in [-0.2, 0) is 19.6 Å². The first-order valence-corrected chi connectivity index (χ1v) is 11.6. The molecule has 8 nitrogen and oxygen atoms in total. The van der Waals surface area contributed by atoms with Crippen LogP contribution in [0.3, 0.4) is 0 Å². The molecule has 0 radical (unpaired) electrons. The highest BCUT2D eigenvalue weighted by atomic mass is 32.2. The van der Waals surface area contributed by atoms with Gasteiger partial charge in [-0.25, -0.2) is 13.2 Å². The molecule has 1 N–H and O–H groups in total. The van der Waals surface area contributed by atoms with E-state index < -0.39 is 28.5 Å². The van der Waals surface area contributed by atoms with Crippen molar-refractivity contribution < 1.29 is 27.5 Å². The molecule has 1 amide bonds. The topological polar surface area (TPSA) is 102 Å². The van der Waals surface area contributed by atoms with E-state index in [1.165, 1.54) is 28.6 Å². The SMILES string of the molecule is CCOc1ccc(NC(=O)COC(=O)c2cccc(S(=O)(=O)N3CCCCC3)c2)cc1. The molecule has 31 heavy (non-hydrogen) atoms. The lowest BCUT2D eigenvalue weighted by Crippen LogP contribution is -2.35. The molecule has 2 aromatic rings. The number of amides is 1. The second kappa shape index (κ2) is 10.4. The van der Waals surface area contributed by atoms with E-state index in [0.29, 0.717) is 31.1 Å². The van der Waals surface area contributed by atoms with Gasteiger partial charge in [0.2, 0.25) is 10.0 Å². The Balaban J connectivity index is 1.58. The van der Waals surface area contributed by atoms with E-state index in [-0.39, 0.29) is 10.5 Å². The van der Waals surface area contributed by atoms with Crippen molar-refractivity contribution in [3.05, 3.63) is 54.1 Å². The number of nitrogens with zero attached hydrogens (tertiary/aromatic N) is 1. The molecule has 0 unspecified atom stereocenters. The van der Waals surface area contributed by atoms with Gasteiger partial charge >= 0.3 is 5.97 Å². The summed E-state index contributed by atoms with van der Waals surface area (Å²) in [5.41, 5.74) is 0.617. The molecule has 3 rings (SSSR count). The van der Waals surface area contributed by atoms with Crippen LogP contribution in [-0.4, -0.2) is 50.9 Å². The number of nitrogens with one attached hydrogen (secondary N) is 1. The second-order valence-corrected chi connectivity index (χ2v) is 9.01. The largest absolute Gasteiger partial charge is 0.494 e. The van der Waals surface area contributed by atoms with Crippen LogP contribution in [0.1, 0.15) is 36.5 Å². The van der Waals surface area contributed by atoms with E-state index >= 15 is 0 Å². The van der Waals surface area contributed by atoms with Gasteiger partial charge < -0.3 is 14.8 Å². The molecule has 1 saturated heterocycles. The number of piperidine rings is 1. The summed E-state index contributed by atoms with van der Waals surface area (Å²) in [5.74, 6) is -0.585. The van der Waals surface area contributed by atoms with E-state index in [4.69, 9.17) is 9.47 Å². The molecule has 9 heteroatoms. The maximum Gasteiger partial charge on any atom is 0.338 e. The third-order valence-electron chi connectivity index (χ3n) is 4.81. The predicted octanol–water partition coefficient (Wildman–Crippen LogP) is 3.06. The van der Waals surface area contributed by atoms with Crippen molar-refractivity contribution in [1.29, 1.82) is 0 Å². The van der Waals surface area contributed by atoms with Crippen molar-refractivity contribution in [1.82, 2.24) is 4.31 Å². The molecule has 166 valence electrons. The minimum absolute atomic E-state index is 0.0442. The maximum absolute atomic E-state index is 12.8. The van der Waals surface area contributed by atoms with Gasteiger partial charge in [-0.2, -0.15) is 4.31 Å². The summed E-state index contributed by atoms with van der Waals surface area (Å²) < 4.78 is 37.4. The average Bonchev–Trinajstić information content (AvgIpc) is 2.79. The van der Waals surface area contributed by atoms with Gasteiger partial charge in [-0.1, -0.05) is 12.5 Å². The minimum Gasteiger partial charge on any atom is -0.494 e. The monoisotopic (exact) mass is 446 g/mol. The van der Waals surface area contributed by atoms with E-state index in [1.807, 2.05) is 6.92 Å². The van der Waals surface area contributed by atoms with Crippen LogP contribution in [0.4, 0.5) is 5.69 Å². The Morgan fingerprint density at radius 1 is 1.03 bits per heavy atom. The third-order valence-corrected chi connectivity index (χ3v) is 6.70. The molecule has 0 bridgehead atoms. The Bertz CT molecular complexity index is 1010. The van der Waals surface area contributed by atoms with E-state index in [2.05, 4.69) is 5.32 Å². The van der Waals surface area contributed by atoms with Gasteiger partial charge in [-0.15, -0.1) is 0 Å². The number of benzene rings is 2. The molecule has 1 aliphatic rings. The Morgan fingerprint density at radius 3 is 2.42 bits per heavy atom. The van der Waals surface area contributed by atoms with Crippen LogP contribution in [0.5, 0.6) is 5.75 Å². The van der Waals surface area contributed by atoms with Crippen molar-refractivity contribution in [2.45, 2.75) is 31.1 Å². The zero-order valence-electron chi connectivity index (χ0n) is 17.4. The van der Waals surface area contributed by atoms with E-state index in [9.17, 15) is 18.0 Å². The first kappa shape index (κ1) is 22.8. The number of hydrogen-bond acceptors (Lipinski definition) is 6.